The van der Waals surface area contributed by atoms with Crippen LogP contribution in [0.5, 0.6) is 0 Å². The van der Waals surface area contributed by atoms with Crippen LogP contribution < -0.4 is 9.67 Å². The van der Waals surface area contributed by atoms with Crippen LogP contribution in [0, 0.1) is 0 Å². The molecule has 1 aromatic heterocycles. The van der Waals surface area contributed by atoms with E-state index in [1.54, 1.807) is 24.3 Å². The number of carboxylic acid groups (broad SMARTS) is 1. The zero-order valence-electron chi connectivity index (χ0n) is 14.2. The van der Waals surface area contributed by atoms with Crippen molar-refractivity contribution in [3.63, 3.8) is 0 Å². The molecule has 0 spiro atoms. The molecular weight excluding hydrogens is 330 g/mol. The third kappa shape index (κ3) is 6.97. The molecule has 0 N–H and O–H groups in total. The monoisotopic (exact) mass is 349 g/mol. The molecular formula is C21H19NO4. The summed E-state index contributed by atoms with van der Waals surface area (Å²) >= 11 is 0. The SMILES string of the molecule is O=C([O-])C(=O)OCc1ccccc1.c1ccc(C[n+]2ccccc2)cc1. The molecule has 5 heteroatoms. The number of esters is 1. The second-order valence-corrected chi connectivity index (χ2v) is 5.38. The van der Waals surface area contributed by atoms with E-state index in [0.717, 1.165) is 12.1 Å². The molecule has 0 saturated carbocycles. The maximum atomic E-state index is 10.4. The van der Waals surface area contributed by atoms with Crippen molar-refractivity contribution in [2.75, 3.05) is 0 Å². The van der Waals surface area contributed by atoms with Crippen molar-refractivity contribution >= 4 is 11.9 Å². The molecule has 0 bridgehead atoms. The molecule has 0 amide bonds. The summed E-state index contributed by atoms with van der Waals surface area (Å²) in [5, 5.41) is 9.93. The van der Waals surface area contributed by atoms with Crippen LogP contribution in [0.15, 0.2) is 91.3 Å². The third-order valence-corrected chi connectivity index (χ3v) is 3.36. The number of ether oxygens (including phenoxy) is 1. The van der Waals surface area contributed by atoms with Gasteiger partial charge in [0.2, 0.25) is 0 Å². The molecule has 0 aliphatic heterocycles. The van der Waals surface area contributed by atoms with Gasteiger partial charge in [0.05, 0.1) is 0 Å². The van der Waals surface area contributed by atoms with Gasteiger partial charge >= 0.3 is 5.97 Å². The van der Waals surface area contributed by atoms with E-state index in [0.29, 0.717) is 0 Å². The van der Waals surface area contributed by atoms with Crippen molar-refractivity contribution in [1.82, 2.24) is 0 Å². The highest BCUT2D eigenvalue weighted by atomic mass is 16.6. The number of carbonyl (C=O) groups excluding carboxylic acids is 2. The van der Waals surface area contributed by atoms with E-state index in [2.05, 4.69) is 46.0 Å². The molecule has 0 saturated heterocycles. The average molecular weight is 349 g/mol. The van der Waals surface area contributed by atoms with Gasteiger partial charge in [-0.05, 0) is 5.56 Å². The first-order chi connectivity index (χ1) is 12.6. The van der Waals surface area contributed by atoms with E-state index in [1.165, 1.54) is 5.56 Å². The van der Waals surface area contributed by atoms with Gasteiger partial charge in [-0.25, -0.2) is 9.36 Å². The molecule has 2 aromatic carbocycles. The van der Waals surface area contributed by atoms with Crippen LogP contribution in [0.4, 0.5) is 0 Å². The number of hydrogen-bond acceptors (Lipinski definition) is 4. The first kappa shape index (κ1) is 18.9. The normalized spacial score (nSPS) is 9.54. The zero-order chi connectivity index (χ0) is 18.6. The van der Waals surface area contributed by atoms with Gasteiger partial charge in [-0.3, -0.25) is 0 Å². The maximum absolute atomic E-state index is 10.4. The number of pyridine rings is 1. The topological polar surface area (TPSA) is 70.3 Å². The van der Waals surface area contributed by atoms with Gasteiger partial charge in [0.25, 0.3) is 0 Å². The van der Waals surface area contributed by atoms with Crippen molar-refractivity contribution in [1.29, 1.82) is 0 Å². The predicted octanol–water partition coefficient (Wildman–Crippen LogP) is 1.50. The number of nitrogens with zero attached hydrogens (tertiary/aromatic N) is 1. The summed E-state index contributed by atoms with van der Waals surface area (Å²) in [7, 11) is 0. The summed E-state index contributed by atoms with van der Waals surface area (Å²) < 4.78 is 6.55. The molecule has 0 aliphatic carbocycles. The Morgan fingerprint density at radius 2 is 1.27 bits per heavy atom. The van der Waals surface area contributed by atoms with Gasteiger partial charge in [0.1, 0.15) is 6.61 Å². The first-order valence-corrected chi connectivity index (χ1v) is 8.05. The van der Waals surface area contributed by atoms with Crippen molar-refractivity contribution in [3.8, 4) is 0 Å². The molecule has 3 rings (SSSR count). The molecule has 0 unspecified atom stereocenters. The average Bonchev–Trinajstić information content (AvgIpc) is 2.69. The van der Waals surface area contributed by atoms with E-state index >= 15 is 0 Å². The summed E-state index contributed by atoms with van der Waals surface area (Å²) in [5.41, 5.74) is 2.07. The molecule has 26 heavy (non-hydrogen) atoms. The standard InChI is InChI=1S/C12H12N.C9H8O4/c1-3-7-12(8-4-1)11-13-9-5-2-6-10-13;10-8(11)9(12)13-6-7-4-2-1-3-5-7/h1-10H,11H2;1-5H,6H2,(H,10,11)/q+1;/p-1. The second kappa shape index (κ2) is 10.4. The Balaban J connectivity index is 0.000000187. The van der Waals surface area contributed by atoms with Gasteiger partial charge < -0.3 is 14.6 Å². The van der Waals surface area contributed by atoms with Crippen LogP contribution in [-0.2, 0) is 27.5 Å². The predicted molar refractivity (Wildman–Crippen MR) is 93.4 cm³/mol. The molecule has 3 aromatic rings. The molecule has 1 heterocycles. The van der Waals surface area contributed by atoms with Crippen LogP contribution in [-0.4, -0.2) is 11.9 Å². The lowest BCUT2D eigenvalue weighted by Gasteiger charge is -2.04. The number of aliphatic carboxylic acids is 1. The lowest BCUT2D eigenvalue weighted by Crippen LogP contribution is -2.33. The van der Waals surface area contributed by atoms with Crippen LogP contribution in [0.1, 0.15) is 11.1 Å². The highest BCUT2D eigenvalue weighted by molar-refractivity contribution is 6.27. The molecule has 5 nitrogen and oxygen atoms in total. The summed E-state index contributed by atoms with van der Waals surface area (Å²) in [4.78, 5) is 20.4. The summed E-state index contributed by atoms with van der Waals surface area (Å²) in [6.45, 7) is 0.898. The molecule has 132 valence electrons. The number of carbonyl (C=O) groups is 2. The quantitative estimate of drug-likeness (QED) is 0.407. The molecule has 0 aliphatic rings. The van der Waals surface area contributed by atoms with Crippen molar-refractivity contribution in [2.45, 2.75) is 13.2 Å². The van der Waals surface area contributed by atoms with Crippen LogP contribution >= 0.6 is 0 Å². The van der Waals surface area contributed by atoms with Gasteiger partial charge in [0, 0.05) is 17.7 Å². The molecule has 0 radical (unpaired) electrons. The first-order valence-electron chi connectivity index (χ1n) is 8.05. The molecule has 0 fully saturated rings. The van der Waals surface area contributed by atoms with Crippen LogP contribution in [0.2, 0.25) is 0 Å². The van der Waals surface area contributed by atoms with Gasteiger partial charge in [0.15, 0.2) is 24.9 Å². The zero-order valence-corrected chi connectivity index (χ0v) is 14.2. The third-order valence-electron chi connectivity index (χ3n) is 3.36. The van der Waals surface area contributed by atoms with Gasteiger partial charge in [-0.2, -0.15) is 0 Å². The minimum Gasteiger partial charge on any atom is -0.539 e. The van der Waals surface area contributed by atoms with E-state index < -0.39 is 11.9 Å². The minimum absolute atomic E-state index is 0.0480. The Bertz CT molecular complexity index is 768. The Kier molecular flexibility index (Phi) is 7.55. The second-order valence-electron chi connectivity index (χ2n) is 5.38. The summed E-state index contributed by atoms with van der Waals surface area (Å²) in [5.74, 6) is -3.17. The van der Waals surface area contributed by atoms with E-state index in [1.807, 2.05) is 30.3 Å². The van der Waals surface area contributed by atoms with Crippen LogP contribution in [0.25, 0.3) is 0 Å². The smallest absolute Gasteiger partial charge is 0.354 e. The number of benzene rings is 2. The lowest BCUT2D eigenvalue weighted by molar-refractivity contribution is -0.688. The fourth-order valence-electron chi connectivity index (χ4n) is 2.12. The highest BCUT2D eigenvalue weighted by Gasteiger charge is 2.02. The van der Waals surface area contributed by atoms with Gasteiger partial charge in [-0.1, -0.05) is 66.7 Å². The number of carboxylic acids is 1. The summed E-state index contributed by atoms with van der Waals surface area (Å²) in [6, 6.07) is 25.4. The molecule has 0 atom stereocenters. The Labute approximate surface area is 152 Å². The van der Waals surface area contributed by atoms with E-state index in [-0.39, 0.29) is 6.61 Å². The van der Waals surface area contributed by atoms with E-state index in [4.69, 9.17) is 0 Å². The van der Waals surface area contributed by atoms with Gasteiger partial charge in [-0.15, -0.1) is 0 Å². The van der Waals surface area contributed by atoms with Crippen molar-refractivity contribution < 1.29 is 24.0 Å². The Morgan fingerprint density at radius 1 is 0.769 bits per heavy atom. The van der Waals surface area contributed by atoms with Crippen molar-refractivity contribution in [2.24, 2.45) is 0 Å². The lowest BCUT2D eigenvalue weighted by atomic mass is 10.2. The largest absolute Gasteiger partial charge is 0.539 e. The fraction of sp³-hybridized carbons (Fsp3) is 0.0952. The highest BCUT2D eigenvalue weighted by Crippen LogP contribution is 2.00. The number of rotatable bonds is 4. The van der Waals surface area contributed by atoms with Crippen molar-refractivity contribution in [3.05, 3.63) is 102 Å². The van der Waals surface area contributed by atoms with E-state index in [9.17, 15) is 14.7 Å². The number of hydrogen-bond donors (Lipinski definition) is 0. The minimum atomic E-state index is -1.82. The maximum Gasteiger partial charge on any atom is 0.354 e. The number of aromatic nitrogens is 1. The Morgan fingerprint density at radius 3 is 1.81 bits per heavy atom. The summed E-state index contributed by atoms with van der Waals surface area (Å²) in [6.07, 6.45) is 4.15. The van der Waals surface area contributed by atoms with Crippen LogP contribution in [0.3, 0.4) is 0 Å². The Hall–Kier alpha value is -3.47. The fourth-order valence-corrected chi connectivity index (χ4v) is 2.12.